The fourth-order valence-electron chi connectivity index (χ4n) is 3.01. The van der Waals surface area contributed by atoms with Crippen molar-refractivity contribution in [3.8, 4) is 6.07 Å². The second-order valence-corrected chi connectivity index (χ2v) is 6.21. The second-order valence-electron chi connectivity index (χ2n) is 6.21. The van der Waals surface area contributed by atoms with Crippen LogP contribution in [0.5, 0.6) is 0 Å². The van der Waals surface area contributed by atoms with E-state index >= 15 is 0 Å². The highest BCUT2D eigenvalue weighted by Crippen LogP contribution is 2.13. The van der Waals surface area contributed by atoms with E-state index in [4.69, 9.17) is 5.26 Å². The summed E-state index contributed by atoms with van der Waals surface area (Å²) in [6.07, 6.45) is 2.69. The highest BCUT2D eigenvalue weighted by molar-refractivity contribution is 5.31. The Kier molecular flexibility index (Phi) is 5.42. The summed E-state index contributed by atoms with van der Waals surface area (Å²) >= 11 is 0. The SMILES string of the molecule is N#Cc1ccc(CNCc2ccc(CN3CCCC3)cc2)cc1. The van der Waals surface area contributed by atoms with Crippen molar-refractivity contribution < 1.29 is 0 Å². The third-order valence-electron chi connectivity index (χ3n) is 4.37. The van der Waals surface area contributed by atoms with Crippen LogP contribution >= 0.6 is 0 Å². The summed E-state index contributed by atoms with van der Waals surface area (Å²) in [5, 5.41) is 12.3. The highest BCUT2D eigenvalue weighted by Gasteiger charge is 2.11. The van der Waals surface area contributed by atoms with E-state index in [1.54, 1.807) is 0 Å². The van der Waals surface area contributed by atoms with Gasteiger partial charge in [-0.05, 0) is 54.8 Å². The molecule has 1 saturated heterocycles. The topological polar surface area (TPSA) is 39.1 Å². The van der Waals surface area contributed by atoms with Crippen LogP contribution < -0.4 is 5.32 Å². The Morgan fingerprint density at radius 2 is 1.35 bits per heavy atom. The van der Waals surface area contributed by atoms with Crippen LogP contribution in [0.25, 0.3) is 0 Å². The van der Waals surface area contributed by atoms with Gasteiger partial charge in [0, 0.05) is 19.6 Å². The summed E-state index contributed by atoms with van der Waals surface area (Å²) in [6, 6.07) is 18.8. The number of likely N-dealkylation sites (tertiary alicyclic amines) is 1. The standard InChI is InChI=1S/C20H23N3/c21-13-17-3-5-18(6-4-17)14-22-15-19-7-9-20(10-8-19)16-23-11-1-2-12-23/h3-10,22H,1-2,11-12,14-16H2. The molecule has 3 nitrogen and oxygen atoms in total. The third kappa shape index (κ3) is 4.66. The largest absolute Gasteiger partial charge is 0.309 e. The Morgan fingerprint density at radius 3 is 1.91 bits per heavy atom. The van der Waals surface area contributed by atoms with Crippen LogP contribution in [0, 0.1) is 11.3 Å². The van der Waals surface area contributed by atoms with E-state index in [2.05, 4.69) is 40.6 Å². The van der Waals surface area contributed by atoms with Gasteiger partial charge < -0.3 is 5.32 Å². The second kappa shape index (κ2) is 7.92. The van der Waals surface area contributed by atoms with Gasteiger partial charge >= 0.3 is 0 Å². The van der Waals surface area contributed by atoms with Crippen molar-refractivity contribution in [2.45, 2.75) is 32.5 Å². The van der Waals surface area contributed by atoms with Crippen molar-refractivity contribution in [2.75, 3.05) is 13.1 Å². The molecule has 0 amide bonds. The number of nitriles is 1. The predicted octanol–water partition coefficient (Wildman–Crippen LogP) is 3.44. The zero-order valence-corrected chi connectivity index (χ0v) is 13.5. The van der Waals surface area contributed by atoms with E-state index in [0.717, 1.165) is 19.6 Å². The molecule has 0 aliphatic carbocycles. The molecule has 118 valence electrons. The molecule has 2 aromatic carbocycles. The van der Waals surface area contributed by atoms with E-state index in [1.807, 2.05) is 24.3 Å². The Morgan fingerprint density at radius 1 is 0.826 bits per heavy atom. The van der Waals surface area contributed by atoms with Gasteiger partial charge in [-0.1, -0.05) is 36.4 Å². The lowest BCUT2D eigenvalue weighted by Crippen LogP contribution is -2.18. The van der Waals surface area contributed by atoms with Gasteiger partial charge in [0.15, 0.2) is 0 Å². The van der Waals surface area contributed by atoms with Gasteiger partial charge in [-0.2, -0.15) is 5.26 Å². The first-order chi connectivity index (χ1) is 11.3. The van der Waals surface area contributed by atoms with Crippen LogP contribution in [-0.2, 0) is 19.6 Å². The van der Waals surface area contributed by atoms with Crippen molar-refractivity contribution in [3.05, 3.63) is 70.8 Å². The molecule has 0 saturated carbocycles. The van der Waals surface area contributed by atoms with Crippen LogP contribution in [0.3, 0.4) is 0 Å². The molecule has 0 bridgehead atoms. The zero-order valence-electron chi connectivity index (χ0n) is 13.5. The maximum Gasteiger partial charge on any atom is 0.0991 e. The quantitative estimate of drug-likeness (QED) is 0.888. The van der Waals surface area contributed by atoms with E-state index < -0.39 is 0 Å². The number of nitrogens with zero attached hydrogens (tertiary/aromatic N) is 2. The summed E-state index contributed by atoms with van der Waals surface area (Å²) in [6.45, 7) is 5.26. The first-order valence-corrected chi connectivity index (χ1v) is 8.33. The summed E-state index contributed by atoms with van der Waals surface area (Å²) in [4.78, 5) is 2.53. The lowest BCUT2D eigenvalue weighted by atomic mass is 10.1. The Hall–Kier alpha value is -2.15. The van der Waals surface area contributed by atoms with Gasteiger partial charge in [0.05, 0.1) is 11.6 Å². The Bertz CT molecular complexity index is 647. The van der Waals surface area contributed by atoms with Crippen molar-refractivity contribution in [2.24, 2.45) is 0 Å². The van der Waals surface area contributed by atoms with Gasteiger partial charge in [-0.25, -0.2) is 0 Å². The average molecular weight is 305 g/mol. The monoisotopic (exact) mass is 305 g/mol. The summed E-state index contributed by atoms with van der Waals surface area (Å²) in [5.41, 5.74) is 4.63. The highest BCUT2D eigenvalue weighted by atomic mass is 15.1. The number of hydrogen-bond donors (Lipinski definition) is 1. The lowest BCUT2D eigenvalue weighted by Gasteiger charge is -2.14. The molecule has 1 N–H and O–H groups in total. The van der Waals surface area contributed by atoms with E-state index in [-0.39, 0.29) is 0 Å². The molecule has 0 unspecified atom stereocenters. The van der Waals surface area contributed by atoms with Gasteiger partial charge in [0.25, 0.3) is 0 Å². The minimum Gasteiger partial charge on any atom is -0.309 e. The first kappa shape index (κ1) is 15.7. The predicted molar refractivity (Wildman–Crippen MR) is 92.7 cm³/mol. The molecule has 1 fully saturated rings. The molecule has 0 radical (unpaired) electrons. The van der Waals surface area contributed by atoms with Crippen LogP contribution in [0.2, 0.25) is 0 Å². The maximum absolute atomic E-state index is 8.80. The molecular formula is C20H23N3. The van der Waals surface area contributed by atoms with Crippen molar-refractivity contribution in [1.29, 1.82) is 5.26 Å². The van der Waals surface area contributed by atoms with Gasteiger partial charge in [-0.3, -0.25) is 4.90 Å². The van der Waals surface area contributed by atoms with Crippen molar-refractivity contribution in [3.63, 3.8) is 0 Å². The molecular weight excluding hydrogens is 282 g/mol. The Labute approximate surface area is 138 Å². The summed E-state index contributed by atoms with van der Waals surface area (Å²) < 4.78 is 0. The summed E-state index contributed by atoms with van der Waals surface area (Å²) in [5.74, 6) is 0. The van der Waals surface area contributed by atoms with E-state index in [0.29, 0.717) is 5.56 Å². The van der Waals surface area contributed by atoms with Crippen LogP contribution in [0.15, 0.2) is 48.5 Å². The minimum absolute atomic E-state index is 0.711. The molecule has 23 heavy (non-hydrogen) atoms. The van der Waals surface area contributed by atoms with E-state index in [9.17, 15) is 0 Å². The molecule has 3 rings (SSSR count). The fraction of sp³-hybridized carbons (Fsp3) is 0.350. The van der Waals surface area contributed by atoms with Gasteiger partial charge in [0.2, 0.25) is 0 Å². The molecule has 0 spiro atoms. The third-order valence-corrected chi connectivity index (χ3v) is 4.37. The smallest absolute Gasteiger partial charge is 0.0991 e. The number of nitrogens with one attached hydrogen (secondary N) is 1. The van der Waals surface area contributed by atoms with Gasteiger partial charge in [0.1, 0.15) is 0 Å². The van der Waals surface area contributed by atoms with Crippen LogP contribution in [0.4, 0.5) is 0 Å². The molecule has 0 aromatic heterocycles. The molecule has 1 aliphatic rings. The average Bonchev–Trinajstić information content (AvgIpc) is 3.10. The molecule has 1 aliphatic heterocycles. The van der Waals surface area contributed by atoms with E-state index in [1.165, 1.54) is 42.6 Å². The minimum atomic E-state index is 0.711. The Balaban J connectivity index is 1.45. The zero-order chi connectivity index (χ0) is 15.9. The van der Waals surface area contributed by atoms with Crippen molar-refractivity contribution >= 4 is 0 Å². The van der Waals surface area contributed by atoms with Crippen LogP contribution in [0.1, 0.15) is 35.1 Å². The lowest BCUT2D eigenvalue weighted by molar-refractivity contribution is 0.331. The molecule has 2 aromatic rings. The number of benzene rings is 2. The van der Waals surface area contributed by atoms with Gasteiger partial charge in [-0.15, -0.1) is 0 Å². The fourth-order valence-corrected chi connectivity index (χ4v) is 3.01. The number of rotatable bonds is 6. The number of hydrogen-bond acceptors (Lipinski definition) is 3. The molecule has 1 heterocycles. The van der Waals surface area contributed by atoms with Crippen molar-refractivity contribution in [1.82, 2.24) is 10.2 Å². The summed E-state index contributed by atoms with van der Waals surface area (Å²) in [7, 11) is 0. The first-order valence-electron chi connectivity index (χ1n) is 8.33. The maximum atomic E-state index is 8.80. The normalized spacial score (nSPS) is 14.7. The molecule has 0 atom stereocenters. The molecule has 3 heteroatoms. The van der Waals surface area contributed by atoms with Crippen LogP contribution in [-0.4, -0.2) is 18.0 Å².